The molecule has 2 N–H and O–H groups in total. The third-order valence-electron chi connectivity index (χ3n) is 1.14. The van der Waals surface area contributed by atoms with Crippen molar-refractivity contribution in [1.29, 1.82) is 0 Å². The predicted molar refractivity (Wildman–Crippen MR) is 39.3 cm³/mol. The van der Waals surface area contributed by atoms with Crippen molar-refractivity contribution in [1.82, 2.24) is 0 Å². The minimum Gasteiger partial charge on any atom is -1.00 e. The van der Waals surface area contributed by atoms with Gasteiger partial charge in [-0.1, -0.05) is 12.2 Å². The second-order valence-corrected chi connectivity index (χ2v) is 2.07. The minimum absolute atomic E-state index is 0. The standard InChI is InChI=1S/C7H10O4.Na.H/c1-2-3-5(7(10)11)4-6(8)9;;/h2-3,5H,4H2,1H3,(H,8,9)(H,10,11);;/q;+1;-1. The second kappa shape index (κ2) is 7.34. The zero-order chi connectivity index (χ0) is 8.85. The SMILES string of the molecule is CC=CC(CC(=O)O)C(=O)O.[H-].[Na+]. The number of hydrogen-bond donors (Lipinski definition) is 2. The number of carboxylic acid groups (broad SMARTS) is 2. The molecule has 64 valence electrons. The van der Waals surface area contributed by atoms with Crippen molar-refractivity contribution in [3.63, 3.8) is 0 Å². The van der Waals surface area contributed by atoms with Gasteiger partial charge in [0.15, 0.2) is 0 Å². The van der Waals surface area contributed by atoms with Crippen molar-refractivity contribution >= 4 is 11.9 Å². The van der Waals surface area contributed by atoms with Gasteiger partial charge in [-0.2, -0.15) is 0 Å². The molecule has 1 atom stereocenters. The van der Waals surface area contributed by atoms with Crippen LogP contribution in [0.4, 0.5) is 0 Å². The zero-order valence-electron chi connectivity index (χ0n) is 8.15. The van der Waals surface area contributed by atoms with Gasteiger partial charge in [-0.25, -0.2) is 0 Å². The minimum atomic E-state index is -1.11. The molecular weight excluding hydrogens is 171 g/mol. The Morgan fingerprint density at radius 3 is 2.25 bits per heavy atom. The van der Waals surface area contributed by atoms with Crippen molar-refractivity contribution in [2.75, 3.05) is 0 Å². The van der Waals surface area contributed by atoms with Crippen LogP contribution in [-0.4, -0.2) is 22.2 Å². The van der Waals surface area contributed by atoms with Gasteiger partial charge in [0.05, 0.1) is 12.3 Å². The fourth-order valence-electron chi connectivity index (χ4n) is 0.658. The molecule has 1 unspecified atom stereocenters. The van der Waals surface area contributed by atoms with Crippen molar-refractivity contribution in [2.45, 2.75) is 13.3 Å². The van der Waals surface area contributed by atoms with Crippen LogP contribution in [0, 0.1) is 5.92 Å². The van der Waals surface area contributed by atoms with Crippen LogP contribution in [0.25, 0.3) is 0 Å². The molecule has 0 aromatic carbocycles. The smallest absolute Gasteiger partial charge is 1.00 e. The molecular formula is C7H11NaO4. The van der Waals surface area contributed by atoms with Gasteiger partial charge in [0.1, 0.15) is 0 Å². The van der Waals surface area contributed by atoms with Gasteiger partial charge in [0.2, 0.25) is 0 Å². The fourth-order valence-corrected chi connectivity index (χ4v) is 0.658. The Bertz CT molecular complexity index is 193. The van der Waals surface area contributed by atoms with Crippen molar-refractivity contribution in [2.24, 2.45) is 5.92 Å². The Kier molecular flexibility index (Phi) is 8.69. The van der Waals surface area contributed by atoms with Crippen LogP contribution in [0.2, 0.25) is 0 Å². The maximum atomic E-state index is 10.3. The fraction of sp³-hybridized carbons (Fsp3) is 0.429. The summed E-state index contributed by atoms with van der Waals surface area (Å²) in [5, 5.41) is 16.7. The van der Waals surface area contributed by atoms with Gasteiger partial charge in [0, 0.05) is 0 Å². The van der Waals surface area contributed by atoms with Crippen LogP contribution in [-0.2, 0) is 9.59 Å². The monoisotopic (exact) mass is 182 g/mol. The molecule has 0 aliphatic rings. The second-order valence-electron chi connectivity index (χ2n) is 2.07. The summed E-state index contributed by atoms with van der Waals surface area (Å²) in [6.45, 7) is 1.65. The third-order valence-corrected chi connectivity index (χ3v) is 1.14. The topological polar surface area (TPSA) is 74.6 Å². The van der Waals surface area contributed by atoms with Crippen LogP contribution in [0.5, 0.6) is 0 Å². The average molecular weight is 182 g/mol. The summed E-state index contributed by atoms with van der Waals surface area (Å²) in [6, 6.07) is 0. The molecule has 5 heteroatoms. The first kappa shape index (κ1) is 14.2. The predicted octanol–water partition coefficient (Wildman–Crippen LogP) is -2.15. The summed E-state index contributed by atoms with van der Waals surface area (Å²) in [5.74, 6) is -3.11. The Labute approximate surface area is 94.0 Å². The number of aliphatic carboxylic acids is 2. The van der Waals surface area contributed by atoms with Crippen LogP contribution >= 0.6 is 0 Å². The molecule has 0 fully saturated rings. The molecule has 0 heterocycles. The Hall–Kier alpha value is -0.320. The van der Waals surface area contributed by atoms with E-state index in [1.807, 2.05) is 0 Å². The first-order chi connectivity index (χ1) is 5.07. The van der Waals surface area contributed by atoms with E-state index in [4.69, 9.17) is 10.2 Å². The first-order valence-corrected chi connectivity index (χ1v) is 3.15. The summed E-state index contributed by atoms with van der Waals surface area (Å²) in [6.07, 6.45) is 2.53. The molecule has 0 aromatic heterocycles. The molecule has 4 nitrogen and oxygen atoms in total. The van der Waals surface area contributed by atoms with Gasteiger partial charge >= 0.3 is 41.5 Å². The molecule has 0 amide bonds. The maximum absolute atomic E-state index is 10.3. The number of rotatable bonds is 4. The van der Waals surface area contributed by atoms with Gasteiger partial charge in [-0.3, -0.25) is 9.59 Å². The van der Waals surface area contributed by atoms with Crippen molar-refractivity contribution in [3.8, 4) is 0 Å². The normalized spacial score (nSPS) is 12.1. The van der Waals surface area contributed by atoms with Crippen LogP contribution < -0.4 is 29.6 Å². The summed E-state index contributed by atoms with van der Waals surface area (Å²) in [4.78, 5) is 20.4. The molecule has 0 saturated heterocycles. The Morgan fingerprint density at radius 1 is 1.50 bits per heavy atom. The first-order valence-electron chi connectivity index (χ1n) is 3.15. The summed E-state index contributed by atoms with van der Waals surface area (Å²) >= 11 is 0. The average Bonchev–Trinajstić information content (AvgIpc) is 1.86. The molecule has 0 aliphatic carbocycles. The van der Waals surface area contributed by atoms with Crippen LogP contribution in [0.15, 0.2) is 12.2 Å². The van der Waals surface area contributed by atoms with E-state index < -0.39 is 17.9 Å². The van der Waals surface area contributed by atoms with Crippen LogP contribution in [0.1, 0.15) is 14.8 Å². The van der Waals surface area contributed by atoms with E-state index >= 15 is 0 Å². The maximum Gasteiger partial charge on any atom is 1.00 e. The Morgan fingerprint density at radius 2 is 2.00 bits per heavy atom. The van der Waals surface area contributed by atoms with E-state index in [0.717, 1.165) is 0 Å². The Balaban J connectivity index is -0.000000500. The molecule has 0 saturated carbocycles. The van der Waals surface area contributed by atoms with Gasteiger partial charge < -0.3 is 11.6 Å². The number of hydrogen-bond acceptors (Lipinski definition) is 2. The van der Waals surface area contributed by atoms with Crippen molar-refractivity contribution in [3.05, 3.63) is 12.2 Å². The number of allylic oxidation sites excluding steroid dienone is 1. The molecule has 0 spiro atoms. The van der Waals surface area contributed by atoms with Crippen molar-refractivity contribution < 1.29 is 50.8 Å². The van der Waals surface area contributed by atoms with E-state index in [2.05, 4.69) is 0 Å². The van der Waals surface area contributed by atoms with Gasteiger partial charge in [-0.15, -0.1) is 0 Å². The quantitative estimate of drug-likeness (QED) is 0.384. The molecule has 0 bridgehead atoms. The van der Waals surface area contributed by atoms with E-state index in [1.165, 1.54) is 12.2 Å². The number of carboxylic acids is 2. The molecule has 12 heavy (non-hydrogen) atoms. The van der Waals surface area contributed by atoms with Gasteiger partial charge in [0.25, 0.3) is 0 Å². The molecule has 0 aliphatic heterocycles. The summed E-state index contributed by atoms with van der Waals surface area (Å²) < 4.78 is 0. The van der Waals surface area contributed by atoms with Gasteiger partial charge in [-0.05, 0) is 6.92 Å². The largest absolute Gasteiger partial charge is 1.00 e. The van der Waals surface area contributed by atoms with E-state index in [1.54, 1.807) is 6.92 Å². The van der Waals surface area contributed by atoms with E-state index in [0.29, 0.717) is 0 Å². The molecule has 0 radical (unpaired) electrons. The van der Waals surface area contributed by atoms with Crippen LogP contribution in [0.3, 0.4) is 0 Å². The third kappa shape index (κ3) is 6.39. The zero-order valence-corrected chi connectivity index (χ0v) is 9.15. The summed E-state index contributed by atoms with van der Waals surface area (Å²) in [7, 11) is 0. The number of carbonyl (C=O) groups is 2. The summed E-state index contributed by atoms with van der Waals surface area (Å²) in [5.41, 5.74) is 0. The molecule has 0 rings (SSSR count). The molecule has 0 aromatic rings. The van der Waals surface area contributed by atoms with E-state index in [-0.39, 0.29) is 37.4 Å². The van der Waals surface area contributed by atoms with E-state index in [9.17, 15) is 9.59 Å².